The van der Waals surface area contributed by atoms with Crippen molar-refractivity contribution in [1.82, 2.24) is 24.3 Å². The van der Waals surface area contributed by atoms with Crippen LogP contribution in [0.2, 0.25) is 0 Å². The highest BCUT2D eigenvalue weighted by Crippen LogP contribution is 2.17. The zero-order valence-electron chi connectivity index (χ0n) is 14.3. The van der Waals surface area contributed by atoms with E-state index in [9.17, 15) is 8.42 Å². The average molecular weight is 365 g/mol. The second kappa shape index (κ2) is 8.03. The summed E-state index contributed by atoms with van der Waals surface area (Å²) in [4.78, 5) is 10.7. The number of aromatic nitrogens is 3. The number of hydrogen-bond acceptors (Lipinski definition) is 7. The van der Waals surface area contributed by atoms with Gasteiger partial charge in [0.1, 0.15) is 4.90 Å². The van der Waals surface area contributed by atoms with Crippen LogP contribution in [0.3, 0.4) is 0 Å². The van der Waals surface area contributed by atoms with Crippen molar-refractivity contribution in [3.05, 3.63) is 36.2 Å². The zero-order chi connectivity index (χ0) is 17.7. The minimum Gasteiger partial charge on any atom is -0.338 e. The molecule has 0 radical (unpaired) electrons. The Morgan fingerprint density at radius 2 is 2.04 bits per heavy atom. The summed E-state index contributed by atoms with van der Waals surface area (Å²) in [6, 6.07) is 3.21. The van der Waals surface area contributed by atoms with E-state index in [0.29, 0.717) is 38.6 Å². The molecule has 3 heterocycles. The number of nitrogens with zero attached hydrogens (tertiary/aromatic N) is 5. The van der Waals surface area contributed by atoms with Crippen molar-refractivity contribution in [3.8, 4) is 0 Å². The van der Waals surface area contributed by atoms with Crippen molar-refractivity contribution in [2.75, 3.05) is 26.2 Å². The van der Waals surface area contributed by atoms with Crippen molar-refractivity contribution < 1.29 is 12.9 Å². The standard InChI is InChI=1S/C16H23N5O3S/c1-2-3-6-15-18-16(24-19-15)13-20-8-10-21(11-9-20)25(22,23)14-5-4-7-17-12-14/h4-5,7,12H,2-3,6,8-11,13H2,1H3. The van der Waals surface area contributed by atoms with Crippen LogP contribution in [0.15, 0.2) is 33.9 Å². The molecule has 1 aliphatic rings. The van der Waals surface area contributed by atoms with Crippen molar-refractivity contribution in [2.45, 2.75) is 37.6 Å². The lowest BCUT2D eigenvalue weighted by atomic mass is 10.2. The van der Waals surface area contributed by atoms with E-state index in [1.165, 1.54) is 10.5 Å². The Kier molecular flexibility index (Phi) is 5.77. The molecule has 0 unspecified atom stereocenters. The predicted octanol–water partition coefficient (Wildman–Crippen LogP) is 1.31. The number of aryl methyl sites for hydroxylation is 1. The van der Waals surface area contributed by atoms with Gasteiger partial charge in [0.2, 0.25) is 15.9 Å². The molecule has 136 valence electrons. The lowest BCUT2D eigenvalue weighted by Crippen LogP contribution is -2.48. The van der Waals surface area contributed by atoms with Gasteiger partial charge in [0.15, 0.2) is 5.82 Å². The summed E-state index contributed by atoms with van der Waals surface area (Å²) in [6.07, 6.45) is 5.92. The number of hydrogen-bond donors (Lipinski definition) is 0. The van der Waals surface area contributed by atoms with Gasteiger partial charge in [-0.3, -0.25) is 9.88 Å². The maximum Gasteiger partial charge on any atom is 0.244 e. The van der Waals surface area contributed by atoms with E-state index in [4.69, 9.17) is 4.52 Å². The molecule has 1 aliphatic heterocycles. The topological polar surface area (TPSA) is 92.4 Å². The third-order valence-electron chi connectivity index (χ3n) is 4.23. The van der Waals surface area contributed by atoms with Crippen molar-refractivity contribution >= 4 is 10.0 Å². The van der Waals surface area contributed by atoms with Gasteiger partial charge in [0, 0.05) is 45.0 Å². The fraction of sp³-hybridized carbons (Fsp3) is 0.562. The predicted molar refractivity (Wildman–Crippen MR) is 91.2 cm³/mol. The minimum absolute atomic E-state index is 0.237. The molecule has 3 rings (SSSR count). The Labute approximate surface area is 147 Å². The van der Waals surface area contributed by atoms with Gasteiger partial charge in [-0.25, -0.2) is 8.42 Å². The summed E-state index contributed by atoms with van der Waals surface area (Å²) in [7, 11) is -3.47. The van der Waals surface area contributed by atoms with Crippen LogP contribution >= 0.6 is 0 Å². The highest BCUT2D eigenvalue weighted by Gasteiger charge is 2.29. The molecule has 0 atom stereocenters. The smallest absolute Gasteiger partial charge is 0.244 e. The monoisotopic (exact) mass is 365 g/mol. The summed E-state index contributed by atoms with van der Waals surface area (Å²) in [5, 5.41) is 3.99. The van der Waals surface area contributed by atoms with Crippen LogP contribution in [-0.2, 0) is 23.0 Å². The lowest BCUT2D eigenvalue weighted by molar-refractivity contribution is 0.163. The van der Waals surface area contributed by atoms with Crippen LogP contribution in [-0.4, -0.2) is 58.9 Å². The molecular weight excluding hydrogens is 342 g/mol. The summed E-state index contributed by atoms with van der Waals surface area (Å²) < 4.78 is 32.0. The van der Waals surface area contributed by atoms with Crippen LogP contribution in [0, 0.1) is 0 Å². The molecule has 0 amide bonds. The Morgan fingerprint density at radius 3 is 2.72 bits per heavy atom. The minimum atomic E-state index is -3.47. The van der Waals surface area contributed by atoms with Crippen LogP contribution in [0.25, 0.3) is 0 Å². The van der Waals surface area contributed by atoms with Crippen LogP contribution in [0.5, 0.6) is 0 Å². The molecule has 0 saturated carbocycles. The number of sulfonamides is 1. The fourth-order valence-corrected chi connectivity index (χ4v) is 4.15. The van der Waals surface area contributed by atoms with Crippen LogP contribution in [0.4, 0.5) is 0 Å². The zero-order valence-corrected chi connectivity index (χ0v) is 15.2. The Morgan fingerprint density at radius 1 is 1.24 bits per heavy atom. The van der Waals surface area contributed by atoms with Crippen molar-refractivity contribution in [2.24, 2.45) is 0 Å². The van der Waals surface area contributed by atoms with E-state index in [1.807, 2.05) is 0 Å². The Balaban J connectivity index is 1.54. The molecule has 0 spiro atoms. The molecule has 2 aromatic heterocycles. The highest BCUT2D eigenvalue weighted by molar-refractivity contribution is 7.89. The molecule has 1 saturated heterocycles. The summed E-state index contributed by atoms with van der Waals surface area (Å²) in [6.45, 7) is 4.82. The highest BCUT2D eigenvalue weighted by atomic mass is 32.2. The van der Waals surface area contributed by atoms with Gasteiger partial charge in [-0.15, -0.1) is 0 Å². The molecule has 0 aliphatic carbocycles. The van der Waals surface area contributed by atoms with Crippen LogP contribution < -0.4 is 0 Å². The second-order valence-corrected chi connectivity index (χ2v) is 8.01. The molecular formula is C16H23N5O3S. The number of rotatable bonds is 7. The first kappa shape index (κ1) is 18.0. The van der Waals surface area contributed by atoms with Gasteiger partial charge in [0.05, 0.1) is 6.54 Å². The van der Waals surface area contributed by atoms with E-state index in [1.54, 1.807) is 18.3 Å². The molecule has 25 heavy (non-hydrogen) atoms. The molecule has 9 heteroatoms. The normalized spacial score (nSPS) is 17.0. The Bertz CT molecular complexity index is 770. The maximum absolute atomic E-state index is 12.6. The van der Waals surface area contributed by atoms with E-state index in [-0.39, 0.29) is 4.90 Å². The SMILES string of the molecule is CCCCc1noc(CN2CCN(S(=O)(=O)c3cccnc3)CC2)n1. The lowest BCUT2D eigenvalue weighted by Gasteiger charge is -2.33. The summed E-state index contributed by atoms with van der Waals surface area (Å²) >= 11 is 0. The van der Waals surface area contributed by atoms with Gasteiger partial charge >= 0.3 is 0 Å². The first-order valence-corrected chi connectivity index (χ1v) is 9.97. The van der Waals surface area contributed by atoms with E-state index in [0.717, 1.165) is 25.1 Å². The van der Waals surface area contributed by atoms with Crippen molar-refractivity contribution in [1.29, 1.82) is 0 Å². The van der Waals surface area contributed by atoms with Gasteiger partial charge < -0.3 is 4.52 Å². The van der Waals surface area contributed by atoms with Gasteiger partial charge in [-0.2, -0.15) is 9.29 Å². The van der Waals surface area contributed by atoms with E-state index in [2.05, 4.69) is 26.9 Å². The van der Waals surface area contributed by atoms with E-state index < -0.39 is 10.0 Å². The molecule has 1 fully saturated rings. The number of unbranched alkanes of at least 4 members (excludes halogenated alkanes) is 1. The fourth-order valence-electron chi connectivity index (χ4n) is 2.76. The van der Waals surface area contributed by atoms with Gasteiger partial charge in [0.25, 0.3) is 0 Å². The summed E-state index contributed by atoms with van der Waals surface area (Å²) in [5.74, 6) is 1.34. The summed E-state index contributed by atoms with van der Waals surface area (Å²) in [5.41, 5.74) is 0. The average Bonchev–Trinajstić information content (AvgIpc) is 3.08. The first-order valence-electron chi connectivity index (χ1n) is 8.53. The Hall–Kier alpha value is -1.84. The molecule has 0 aromatic carbocycles. The van der Waals surface area contributed by atoms with Crippen molar-refractivity contribution in [3.63, 3.8) is 0 Å². The first-order chi connectivity index (χ1) is 12.1. The third kappa shape index (κ3) is 4.42. The maximum atomic E-state index is 12.6. The molecule has 2 aromatic rings. The van der Waals surface area contributed by atoms with Gasteiger partial charge in [-0.1, -0.05) is 18.5 Å². The van der Waals surface area contributed by atoms with Crippen LogP contribution in [0.1, 0.15) is 31.5 Å². The largest absolute Gasteiger partial charge is 0.338 e. The third-order valence-corrected chi connectivity index (χ3v) is 6.11. The van der Waals surface area contributed by atoms with Gasteiger partial charge in [-0.05, 0) is 18.6 Å². The number of piperazine rings is 1. The molecule has 0 N–H and O–H groups in total. The molecule has 0 bridgehead atoms. The molecule has 8 nitrogen and oxygen atoms in total. The quantitative estimate of drug-likeness (QED) is 0.730. The number of pyridine rings is 1. The van der Waals surface area contributed by atoms with E-state index >= 15 is 0 Å². The second-order valence-electron chi connectivity index (χ2n) is 6.08.